The number of carbonyl (C=O) groups is 2. The van der Waals surface area contributed by atoms with Crippen LogP contribution in [0.4, 0.5) is 0 Å². The molecule has 20 heavy (non-hydrogen) atoms. The highest BCUT2D eigenvalue weighted by Gasteiger charge is 2.14. The molecular weight excluding hydrogens is 258 g/mol. The van der Waals surface area contributed by atoms with Crippen LogP contribution >= 0.6 is 0 Å². The largest absolute Gasteiger partial charge is 0.494 e. The van der Waals surface area contributed by atoms with Crippen molar-refractivity contribution in [2.75, 3.05) is 6.61 Å². The molecule has 0 saturated carbocycles. The number of ether oxygens (including phenoxy) is 1. The molecule has 0 aliphatic rings. The summed E-state index contributed by atoms with van der Waals surface area (Å²) in [5, 5.41) is 11.1. The summed E-state index contributed by atoms with van der Waals surface area (Å²) in [7, 11) is 0. The minimum atomic E-state index is -1.06. The van der Waals surface area contributed by atoms with E-state index < -0.39 is 17.9 Å². The van der Waals surface area contributed by atoms with Crippen molar-refractivity contribution in [3.8, 4) is 5.75 Å². The summed E-state index contributed by atoms with van der Waals surface area (Å²) in [6, 6.07) is 5.77. The third kappa shape index (κ3) is 5.30. The first-order valence-corrected chi connectivity index (χ1v) is 6.81. The van der Waals surface area contributed by atoms with Crippen molar-refractivity contribution >= 4 is 11.9 Å². The van der Waals surface area contributed by atoms with E-state index in [4.69, 9.17) is 9.84 Å². The Balaban J connectivity index is 2.49. The van der Waals surface area contributed by atoms with Crippen LogP contribution in [0.15, 0.2) is 24.3 Å². The third-order valence-corrected chi connectivity index (χ3v) is 2.85. The van der Waals surface area contributed by atoms with Gasteiger partial charge in [0.2, 0.25) is 0 Å². The van der Waals surface area contributed by atoms with Gasteiger partial charge in [0.05, 0.1) is 6.61 Å². The number of carbonyl (C=O) groups excluding carboxylic acids is 1. The second-order valence-corrected chi connectivity index (χ2v) is 4.61. The lowest BCUT2D eigenvalue weighted by molar-refractivity contribution is -0.138. The molecule has 0 aliphatic heterocycles. The van der Waals surface area contributed by atoms with Crippen LogP contribution in [0.3, 0.4) is 0 Å². The summed E-state index contributed by atoms with van der Waals surface area (Å²) in [5.41, 5.74) is 0.416. The Hall–Kier alpha value is -2.04. The molecular formula is C15H21NO4. The van der Waals surface area contributed by atoms with Gasteiger partial charge in [-0.2, -0.15) is 0 Å². The topological polar surface area (TPSA) is 75.6 Å². The van der Waals surface area contributed by atoms with Crippen LogP contribution in [0.5, 0.6) is 5.75 Å². The Labute approximate surface area is 118 Å². The van der Waals surface area contributed by atoms with Crippen molar-refractivity contribution in [1.82, 2.24) is 5.32 Å². The van der Waals surface area contributed by atoms with Gasteiger partial charge in [-0.3, -0.25) is 9.59 Å². The van der Waals surface area contributed by atoms with Gasteiger partial charge in [-0.1, -0.05) is 19.8 Å². The molecule has 0 spiro atoms. The Morgan fingerprint density at radius 3 is 2.45 bits per heavy atom. The molecule has 0 radical (unpaired) electrons. The smallest absolute Gasteiger partial charge is 0.325 e. The first-order valence-electron chi connectivity index (χ1n) is 6.81. The molecule has 1 amide bonds. The SMILES string of the molecule is CCCCCOc1ccc(C(=O)N[C@H](C)C(=O)O)cc1. The van der Waals surface area contributed by atoms with Gasteiger partial charge in [0.15, 0.2) is 0 Å². The van der Waals surface area contributed by atoms with E-state index in [9.17, 15) is 9.59 Å². The first kappa shape index (κ1) is 16.0. The van der Waals surface area contributed by atoms with Crippen molar-refractivity contribution in [3.05, 3.63) is 29.8 Å². The van der Waals surface area contributed by atoms with Crippen LogP contribution in [-0.4, -0.2) is 29.6 Å². The summed E-state index contributed by atoms with van der Waals surface area (Å²) < 4.78 is 5.54. The average Bonchev–Trinajstić information content (AvgIpc) is 2.44. The quantitative estimate of drug-likeness (QED) is 0.717. The number of unbranched alkanes of at least 4 members (excludes halogenated alkanes) is 2. The standard InChI is InChI=1S/C15H21NO4/c1-3-4-5-10-20-13-8-6-12(7-9-13)14(17)16-11(2)15(18)19/h6-9,11H,3-5,10H2,1-2H3,(H,16,17)(H,18,19)/t11-/m1/s1. The lowest BCUT2D eigenvalue weighted by Gasteiger charge is -2.10. The second-order valence-electron chi connectivity index (χ2n) is 4.61. The molecule has 110 valence electrons. The lowest BCUT2D eigenvalue weighted by atomic mass is 10.2. The molecule has 1 aromatic carbocycles. The maximum atomic E-state index is 11.8. The highest BCUT2D eigenvalue weighted by Crippen LogP contribution is 2.13. The molecule has 0 fully saturated rings. The minimum Gasteiger partial charge on any atom is -0.494 e. The Kier molecular flexibility index (Phi) is 6.56. The highest BCUT2D eigenvalue weighted by atomic mass is 16.5. The molecule has 2 N–H and O–H groups in total. The zero-order chi connectivity index (χ0) is 15.0. The zero-order valence-corrected chi connectivity index (χ0v) is 11.9. The number of amides is 1. The fourth-order valence-electron chi connectivity index (χ4n) is 1.59. The van der Waals surface area contributed by atoms with E-state index in [-0.39, 0.29) is 0 Å². The molecule has 0 bridgehead atoms. The normalized spacial score (nSPS) is 11.7. The van der Waals surface area contributed by atoms with Gasteiger partial charge in [0.1, 0.15) is 11.8 Å². The molecule has 5 nitrogen and oxygen atoms in total. The summed E-state index contributed by atoms with van der Waals surface area (Å²) in [6.07, 6.45) is 3.28. The van der Waals surface area contributed by atoms with E-state index >= 15 is 0 Å². The molecule has 5 heteroatoms. The maximum Gasteiger partial charge on any atom is 0.325 e. The Morgan fingerprint density at radius 2 is 1.90 bits per heavy atom. The molecule has 1 atom stereocenters. The number of benzene rings is 1. The van der Waals surface area contributed by atoms with Gasteiger partial charge in [-0.15, -0.1) is 0 Å². The number of nitrogens with one attached hydrogen (secondary N) is 1. The molecule has 0 aromatic heterocycles. The summed E-state index contributed by atoms with van der Waals surface area (Å²) in [4.78, 5) is 22.4. The van der Waals surface area contributed by atoms with E-state index in [1.165, 1.54) is 6.92 Å². The van der Waals surface area contributed by atoms with Gasteiger partial charge < -0.3 is 15.2 Å². The van der Waals surface area contributed by atoms with Crippen LogP contribution in [0.25, 0.3) is 0 Å². The number of hydrogen-bond acceptors (Lipinski definition) is 3. The van der Waals surface area contributed by atoms with Gasteiger partial charge in [0.25, 0.3) is 5.91 Å². The van der Waals surface area contributed by atoms with E-state index in [1.807, 2.05) is 0 Å². The number of rotatable bonds is 8. The number of aliphatic carboxylic acids is 1. The van der Waals surface area contributed by atoms with Crippen LogP contribution in [0.2, 0.25) is 0 Å². The molecule has 0 aliphatic carbocycles. The zero-order valence-electron chi connectivity index (χ0n) is 11.9. The van der Waals surface area contributed by atoms with Crippen molar-refractivity contribution < 1.29 is 19.4 Å². The van der Waals surface area contributed by atoms with Gasteiger partial charge in [-0.25, -0.2) is 0 Å². The minimum absolute atomic E-state index is 0.405. The van der Waals surface area contributed by atoms with Crippen LogP contribution < -0.4 is 10.1 Å². The average molecular weight is 279 g/mol. The number of carboxylic acids is 1. The molecule has 0 unspecified atom stereocenters. The van der Waals surface area contributed by atoms with Crippen LogP contribution in [0, 0.1) is 0 Å². The van der Waals surface area contributed by atoms with Crippen molar-refractivity contribution in [2.24, 2.45) is 0 Å². The van der Waals surface area contributed by atoms with Gasteiger partial charge in [0, 0.05) is 5.56 Å². The molecule has 1 rings (SSSR count). The third-order valence-electron chi connectivity index (χ3n) is 2.85. The lowest BCUT2D eigenvalue weighted by Crippen LogP contribution is -2.38. The predicted molar refractivity (Wildman–Crippen MR) is 76.0 cm³/mol. The molecule has 0 heterocycles. The molecule has 1 aromatic rings. The van der Waals surface area contributed by atoms with E-state index in [0.29, 0.717) is 17.9 Å². The van der Waals surface area contributed by atoms with Crippen LogP contribution in [0.1, 0.15) is 43.5 Å². The van der Waals surface area contributed by atoms with E-state index in [2.05, 4.69) is 12.2 Å². The highest BCUT2D eigenvalue weighted by molar-refractivity contribution is 5.96. The second kappa shape index (κ2) is 8.19. The first-order chi connectivity index (χ1) is 9.54. The fourth-order valence-corrected chi connectivity index (χ4v) is 1.59. The summed E-state index contributed by atoms with van der Waals surface area (Å²) >= 11 is 0. The fraction of sp³-hybridized carbons (Fsp3) is 0.467. The summed E-state index contributed by atoms with van der Waals surface area (Å²) in [6.45, 7) is 4.21. The van der Waals surface area contributed by atoms with Crippen molar-refractivity contribution in [3.63, 3.8) is 0 Å². The predicted octanol–water partition coefficient (Wildman–Crippen LogP) is 2.46. The van der Waals surface area contributed by atoms with Crippen molar-refractivity contribution in [2.45, 2.75) is 39.2 Å². The Morgan fingerprint density at radius 1 is 1.25 bits per heavy atom. The van der Waals surface area contributed by atoms with Gasteiger partial charge >= 0.3 is 5.97 Å². The van der Waals surface area contributed by atoms with E-state index in [1.54, 1.807) is 24.3 Å². The maximum absolute atomic E-state index is 11.8. The summed E-state index contributed by atoms with van der Waals surface area (Å²) in [5.74, 6) is -0.754. The van der Waals surface area contributed by atoms with E-state index in [0.717, 1.165) is 19.3 Å². The van der Waals surface area contributed by atoms with Crippen molar-refractivity contribution in [1.29, 1.82) is 0 Å². The monoisotopic (exact) mass is 279 g/mol. The number of hydrogen-bond donors (Lipinski definition) is 2. The molecule has 0 saturated heterocycles. The number of carboxylic acid groups (broad SMARTS) is 1. The Bertz CT molecular complexity index is 442. The van der Waals surface area contributed by atoms with Gasteiger partial charge in [-0.05, 0) is 37.6 Å². The van der Waals surface area contributed by atoms with Crippen LogP contribution in [-0.2, 0) is 4.79 Å².